The highest BCUT2D eigenvalue weighted by molar-refractivity contribution is 6.30. The second kappa shape index (κ2) is 9.20. The van der Waals surface area contributed by atoms with Gasteiger partial charge in [0.2, 0.25) is 5.91 Å². The number of nitrogens with zero attached hydrogens (tertiary/aromatic N) is 1. The van der Waals surface area contributed by atoms with Crippen molar-refractivity contribution in [3.8, 4) is 0 Å². The van der Waals surface area contributed by atoms with E-state index in [1.54, 1.807) is 24.3 Å². The van der Waals surface area contributed by atoms with Crippen molar-refractivity contribution >= 4 is 23.4 Å². The minimum atomic E-state index is -0.499. The van der Waals surface area contributed by atoms with Crippen molar-refractivity contribution in [1.29, 1.82) is 0 Å². The molecule has 25 heavy (non-hydrogen) atoms. The highest BCUT2D eigenvalue weighted by atomic mass is 35.5. The third-order valence-electron chi connectivity index (χ3n) is 4.96. The fourth-order valence-electron chi connectivity index (χ4n) is 3.19. The number of benzene rings is 1. The predicted octanol–water partition coefficient (Wildman–Crippen LogP) is 2.55. The summed E-state index contributed by atoms with van der Waals surface area (Å²) < 4.78 is 0. The molecule has 0 bridgehead atoms. The molecule has 2 N–H and O–H groups in total. The van der Waals surface area contributed by atoms with Gasteiger partial charge >= 0.3 is 0 Å². The Morgan fingerprint density at radius 1 is 1.32 bits per heavy atom. The number of rotatable bonds is 7. The van der Waals surface area contributed by atoms with Gasteiger partial charge in [0.05, 0.1) is 0 Å². The zero-order valence-electron chi connectivity index (χ0n) is 15.2. The minimum absolute atomic E-state index is 0.0234. The van der Waals surface area contributed by atoms with E-state index in [0.29, 0.717) is 16.5 Å². The Morgan fingerprint density at radius 3 is 2.60 bits per heavy atom. The SMILES string of the molecule is CCC(C)C(NC(=O)c1ccc(Cl)cc1)C(=O)N1CCC(CNC)C1. The molecule has 5 nitrogen and oxygen atoms in total. The molecule has 1 saturated heterocycles. The molecule has 0 saturated carbocycles. The lowest BCUT2D eigenvalue weighted by Gasteiger charge is -2.28. The Kier molecular flexibility index (Phi) is 7.26. The van der Waals surface area contributed by atoms with Crippen LogP contribution in [0, 0.1) is 11.8 Å². The van der Waals surface area contributed by atoms with Crippen LogP contribution in [-0.2, 0) is 4.79 Å². The Hall–Kier alpha value is -1.59. The van der Waals surface area contributed by atoms with Crippen LogP contribution in [0.25, 0.3) is 0 Å². The third-order valence-corrected chi connectivity index (χ3v) is 5.21. The van der Waals surface area contributed by atoms with Crippen LogP contribution in [0.5, 0.6) is 0 Å². The lowest BCUT2D eigenvalue weighted by atomic mass is 9.97. The van der Waals surface area contributed by atoms with E-state index in [9.17, 15) is 9.59 Å². The van der Waals surface area contributed by atoms with E-state index in [1.165, 1.54) is 0 Å². The van der Waals surface area contributed by atoms with Gasteiger partial charge in [-0.05, 0) is 56.1 Å². The average Bonchev–Trinajstić information content (AvgIpc) is 3.08. The number of carbonyl (C=O) groups is 2. The number of carbonyl (C=O) groups excluding carboxylic acids is 2. The molecular formula is C19H28ClN3O2. The van der Waals surface area contributed by atoms with E-state index in [1.807, 2.05) is 25.8 Å². The van der Waals surface area contributed by atoms with E-state index in [4.69, 9.17) is 11.6 Å². The summed E-state index contributed by atoms with van der Waals surface area (Å²) in [5, 5.41) is 6.69. The lowest BCUT2D eigenvalue weighted by Crippen LogP contribution is -2.51. The Bertz CT molecular complexity index is 591. The lowest BCUT2D eigenvalue weighted by molar-refractivity contribution is -0.133. The molecule has 6 heteroatoms. The molecule has 1 fully saturated rings. The van der Waals surface area contributed by atoms with Gasteiger partial charge in [-0.3, -0.25) is 9.59 Å². The molecule has 1 aromatic rings. The van der Waals surface area contributed by atoms with Gasteiger partial charge in [-0.25, -0.2) is 0 Å². The van der Waals surface area contributed by atoms with Gasteiger partial charge in [0.1, 0.15) is 6.04 Å². The first-order valence-corrected chi connectivity index (χ1v) is 9.33. The Morgan fingerprint density at radius 2 is 2.00 bits per heavy atom. The summed E-state index contributed by atoms with van der Waals surface area (Å²) in [5.41, 5.74) is 0.514. The van der Waals surface area contributed by atoms with Crippen LogP contribution in [0.15, 0.2) is 24.3 Å². The van der Waals surface area contributed by atoms with Crippen LogP contribution in [0.4, 0.5) is 0 Å². The molecule has 1 aromatic carbocycles. The Labute approximate surface area is 155 Å². The average molecular weight is 366 g/mol. The number of likely N-dealkylation sites (tertiary alicyclic amines) is 1. The zero-order valence-corrected chi connectivity index (χ0v) is 16.0. The highest BCUT2D eigenvalue weighted by Crippen LogP contribution is 2.20. The molecule has 0 aromatic heterocycles. The maximum atomic E-state index is 13.0. The second-order valence-electron chi connectivity index (χ2n) is 6.84. The molecule has 2 rings (SSSR count). The maximum absolute atomic E-state index is 13.0. The van der Waals surface area contributed by atoms with E-state index in [-0.39, 0.29) is 17.7 Å². The first kappa shape index (κ1) is 19.7. The van der Waals surface area contributed by atoms with Crippen molar-refractivity contribution in [2.24, 2.45) is 11.8 Å². The molecule has 138 valence electrons. The largest absolute Gasteiger partial charge is 0.341 e. The summed E-state index contributed by atoms with van der Waals surface area (Å²) in [5.74, 6) is 0.349. The fourth-order valence-corrected chi connectivity index (χ4v) is 3.32. The summed E-state index contributed by atoms with van der Waals surface area (Å²) in [6, 6.07) is 6.21. The van der Waals surface area contributed by atoms with Gasteiger partial charge in [0.15, 0.2) is 0 Å². The van der Waals surface area contributed by atoms with E-state index in [2.05, 4.69) is 10.6 Å². The van der Waals surface area contributed by atoms with E-state index in [0.717, 1.165) is 32.5 Å². The van der Waals surface area contributed by atoms with Gasteiger partial charge < -0.3 is 15.5 Å². The zero-order chi connectivity index (χ0) is 18.4. The normalized spacial score (nSPS) is 19.5. The molecule has 1 aliphatic heterocycles. The number of amides is 2. The second-order valence-corrected chi connectivity index (χ2v) is 7.28. The Balaban J connectivity index is 2.06. The topological polar surface area (TPSA) is 61.4 Å². The molecule has 2 amide bonds. The van der Waals surface area contributed by atoms with E-state index < -0.39 is 6.04 Å². The minimum Gasteiger partial charge on any atom is -0.341 e. The van der Waals surface area contributed by atoms with E-state index >= 15 is 0 Å². The molecule has 1 aliphatic rings. The fraction of sp³-hybridized carbons (Fsp3) is 0.579. The first-order chi connectivity index (χ1) is 12.0. The first-order valence-electron chi connectivity index (χ1n) is 8.96. The number of halogens is 1. The monoisotopic (exact) mass is 365 g/mol. The molecule has 0 radical (unpaired) electrons. The van der Waals surface area contributed by atoms with Gasteiger partial charge in [-0.15, -0.1) is 0 Å². The summed E-state index contributed by atoms with van der Waals surface area (Å²) in [6.45, 7) is 6.46. The van der Waals surface area contributed by atoms with Crippen molar-refractivity contribution in [2.75, 3.05) is 26.7 Å². The maximum Gasteiger partial charge on any atom is 0.251 e. The summed E-state index contributed by atoms with van der Waals surface area (Å²) in [7, 11) is 1.93. The van der Waals surface area contributed by atoms with Crippen molar-refractivity contribution in [3.05, 3.63) is 34.9 Å². The quantitative estimate of drug-likeness (QED) is 0.780. The van der Waals surface area contributed by atoms with Gasteiger partial charge in [-0.2, -0.15) is 0 Å². The third kappa shape index (κ3) is 5.19. The van der Waals surface area contributed by atoms with Gasteiger partial charge in [0.25, 0.3) is 5.91 Å². The van der Waals surface area contributed by atoms with Gasteiger partial charge in [0, 0.05) is 23.7 Å². The molecule has 0 spiro atoms. The molecular weight excluding hydrogens is 338 g/mol. The summed E-state index contributed by atoms with van der Waals surface area (Å²) in [4.78, 5) is 27.4. The summed E-state index contributed by atoms with van der Waals surface area (Å²) in [6.07, 6.45) is 1.83. The van der Waals surface area contributed by atoms with Crippen LogP contribution in [0.1, 0.15) is 37.0 Å². The van der Waals surface area contributed by atoms with Crippen LogP contribution >= 0.6 is 11.6 Å². The van der Waals surface area contributed by atoms with Crippen LogP contribution in [0.3, 0.4) is 0 Å². The van der Waals surface area contributed by atoms with Crippen LogP contribution < -0.4 is 10.6 Å². The molecule has 0 aliphatic carbocycles. The van der Waals surface area contributed by atoms with Crippen molar-refractivity contribution in [2.45, 2.75) is 32.7 Å². The van der Waals surface area contributed by atoms with Gasteiger partial charge in [-0.1, -0.05) is 31.9 Å². The van der Waals surface area contributed by atoms with Crippen molar-refractivity contribution in [1.82, 2.24) is 15.5 Å². The smallest absolute Gasteiger partial charge is 0.251 e. The van der Waals surface area contributed by atoms with Crippen LogP contribution in [0.2, 0.25) is 5.02 Å². The number of hydrogen-bond donors (Lipinski definition) is 2. The molecule has 3 atom stereocenters. The standard InChI is InChI=1S/C19H28ClN3O2/c1-4-13(2)17(19(25)23-10-9-14(12-23)11-21-3)22-18(24)15-5-7-16(20)8-6-15/h5-8,13-14,17,21H,4,9-12H2,1-3H3,(H,22,24). The van der Waals surface area contributed by atoms with Crippen LogP contribution in [-0.4, -0.2) is 49.4 Å². The number of hydrogen-bond acceptors (Lipinski definition) is 3. The number of nitrogens with one attached hydrogen (secondary N) is 2. The summed E-state index contributed by atoms with van der Waals surface area (Å²) >= 11 is 5.87. The predicted molar refractivity (Wildman–Crippen MR) is 101 cm³/mol. The van der Waals surface area contributed by atoms with Crippen molar-refractivity contribution in [3.63, 3.8) is 0 Å². The highest BCUT2D eigenvalue weighted by Gasteiger charge is 2.34. The van der Waals surface area contributed by atoms with Crippen molar-refractivity contribution < 1.29 is 9.59 Å². The molecule has 1 heterocycles. The molecule has 3 unspecified atom stereocenters.